The Bertz CT molecular complexity index is 669. The van der Waals surface area contributed by atoms with Gasteiger partial charge in [-0.25, -0.2) is 11.4 Å². The first-order valence-corrected chi connectivity index (χ1v) is 6.74. The molecule has 1 aliphatic rings. The van der Waals surface area contributed by atoms with Gasteiger partial charge in [0.1, 0.15) is 6.23 Å². The van der Waals surface area contributed by atoms with Gasteiger partial charge in [0.05, 0.1) is 12.3 Å². The largest absolute Gasteiger partial charge is 0.341 e. The van der Waals surface area contributed by atoms with Crippen LogP contribution in [0.2, 0.25) is 0 Å². The average molecular weight is 277 g/mol. The van der Waals surface area contributed by atoms with Crippen LogP contribution in [-0.4, -0.2) is 15.3 Å². The lowest BCUT2D eigenvalue weighted by molar-refractivity contribution is -0.0627. The summed E-state index contributed by atoms with van der Waals surface area (Å²) in [4.78, 5) is 29.3. The lowest BCUT2D eigenvalue weighted by atomic mass is 9.87. The Hall–Kier alpha value is -1.87. The molecule has 0 amide bonds. The van der Waals surface area contributed by atoms with E-state index < -0.39 is 23.2 Å². The molecular formula is C14H19N3O3. The van der Waals surface area contributed by atoms with Crippen LogP contribution < -0.4 is 11.2 Å². The highest BCUT2D eigenvalue weighted by Gasteiger charge is 2.56. The highest BCUT2D eigenvalue weighted by molar-refractivity contribution is 5.05. The molecule has 20 heavy (non-hydrogen) atoms. The van der Waals surface area contributed by atoms with E-state index in [2.05, 4.69) is 9.83 Å². The van der Waals surface area contributed by atoms with Gasteiger partial charge in [-0.3, -0.25) is 23.9 Å². The monoisotopic (exact) mass is 277 g/mol. The fourth-order valence-corrected chi connectivity index (χ4v) is 2.78. The number of aromatic nitrogens is 2. The summed E-state index contributed by atoms with van der Waals surface area (Å²) in [7, 11) is 0. The van der Waals surface area contributed by atoms with Crippen molar-refractivity contribution in [3.05, 3.63) is 44.0 Å². The molecule has 1 aromatic heterocycles. The molecule has 2 heterocycles. The third-order valence-corrected chi connectivity index (χ3v) is 4.39. The summed E-state index contributed by atoms with van der Waals surface area (Å²) in [6, 6.07) is 0. The molecule has 6 heteroatoms. The van der Waals surface area contributed by atoms with Gasteiger partial charge in [-0.1, -0.05) is 20.8 Å². The summed E-state index contributed by atoms with van der Waals surface area (Å²) in [5, 5.41) is 0. The van der Waals surface area contributed by atoms with Gasteiger partial charge in [-0.05, 0) is 6.92 Å². The van der Waals surface area contributed by atoms with Crippen molar-refractivity contribution in [2.24, 2.45) is 11.8 Å². The Balaban J connectivity index is 2.51. The van der Waals surface area contributed by atoms with Crippen molar-refractivity contribution in [1.29, 1.82) is 0 Å². The van der Waals surface area contributed by atoms with Crippen molar-refractivity contribution >= 4 is 0 Å². The van der Waals surface area contributed by atoms with E-state index in [1.54, 1.807) is 6.92 Å². The molecule has 1 N–H and O–H groups in total. The highest BCUT2D eigenvalue weighted by Crippen LogP contribution is 2.47. The van der Waals surface area contributed by atoms with E-state index in [9.17, 15) is 9.59 Å². The lowest BCUT2D eigenvalue weighted by Gasteiger charge is -2.19. The van der Waals surface area contributed by atoms with Crippen molar-refractivity contribution in [3.63, 3.8) is 0 Å². The molecule has 1 fully saturated rings. The maximum atomic E-state index is 12.0. The van der Waals surface area contributed by atoms with Crippen LogP contribution in [-0.2, 0) is 4.74 Å². The molecule has 6 nitrogen and oxygen atoms in total. The summed E-state index contributed by atoms with van der Waals surface area (Å²) in [5.41, 5.74) is -1.34. The van der Waals surface area contributed by atoms with Gasteiger partial charge in [0.2, 0.25) is 0 Å². The summed E-state index contributed by atoms with van der Waals surface area (Å²) in [6.07, 6.45) is 1.54. The van der Waals surface area contributed by atoms with Gasteiger partial charge in [0.25, 0.3) is 5.56 Å². The van der Waals surface area contributed by atoms with E-state index >= 15 is 0 Å². The van der Waals surface area contributed by atoms with Crippen molar-refractivity contribution in [2.45, 2.75) is 46.1 Å². The predicted octanol–water partition coefficient (Wildman–Crippen LogP) is 1.67. The maximum Gasteiger partial charge on any atom is 0.341 e. The number of ether oxygens (including phenoxy) is 1. The quantitative estimate of drug-likeness (QED) is 0.836. The molecule has 1 aliphatic heterocycles. The third-order valence-electron chi connectivity index (χ3n) is 4.39. The summed E-state index contributed by atoms with van der Waals surface area (Å²) in [6.45, 7) is 14.9. The highest BCUT2D eigenvalue weighted by atomic mass is 16.5. The van der Waals surface area contributed by atoms with Gasteiger partial charge in [0, 0.05) is 17.7 Å². The van der Waals surface area contributed by atoms with E-state index in [0.717, 1.165) is 0 Å². The zero-order valence-corrected chi connectivity index (χ0v) is 12.1. The van der Waals surface area contributed by atoms with E-state index in [4.69, 9.17) is 11.3 Å². The van der Waals surface area contributed by atoms with E-state index in [1.165, 1.54) is 10.8 Å². The second kappa shape index (κ2) is 4.91. The molecular weight excluding hydrogens is 258 g/mol. The van der Waals surface area contributed by atoms with Crippen molar-refractivity contribution in [3.8, 4) is 0 Å². The minimum absolute atomic E-state index is 0.00653. The predicted molar refractivity (Wildman–Crippen MR) is 74.1 cm³/mol. The molecule has 0 saturated carbocycles. The molecule has 4 unspecified atom stereocenters. The lowest BCUT2D eigenvalue weighted by Crippen LogP contribution is -2.35. The summed E-state index contributed by atoms with van der Waals surface area (Å²) in [5.74, 6) is 0.0150. The van der Waals surface area contributed by atoms with Gasteiger partial charge in [-0.15, -0.1) is 0 Å². The second-order valence-electron chi connectivity index (χ2n) is 5.45. The van der Waals surface area contributed by atoms with Crippen LogP contribution in [0, 0.1) is 25.3 Å². The van der Waals surface area contributed by atoms with Crippen LogP contribution in [0.5, 0.6) is 0 Å². The van der Waals surface area contributed by atoms with Crippen LogP contribution in [0.1, 0.15) is 39.0 Å². The topological polar surface area (TPSA) is 68.5 Å². The Kier molecular flexibility index (Phi) is 3.57. The number of rotatable bonds is 2. The van der Waals surface area contributed by atoms with Crippen molar-refractivity contribution in [1.82, 2.24) is 9.55 Å². The average Bonchev–Trinajstić information content (AvgIpc) is 2.68. The molecule has 1 aromatic rings. The van der Waals surface area contributed by atoms with Gasteiger partial charge in [-0.2, -0.15) is 0 Å². The standard InChI is InChI=1S/C14H19N3O3/c1-6-14(15-5)10(4)9(3)12(20-14)17-7-8(2)11(18)16-13(17)19/h7,9-10,12H,6H2,1-4H3,(H,16,18,19). The van der Waals surface area contributed by atoms with Crippen molar-refractivity contribution < 1.29 is 4.74 Å². The van der Waals surface area contributed by atoms with Crippen LogP contribution in [0.25, 0.3) is 4.85 Å². The Morgan fingerprint density at radius 3 is 2.65 bits per heavy atom. The summed E-state index contributed by atoms with van der Waals surface area (Å²) >= 11 is 0. The smallest absolute Gasteiger partial charge is 0.283 e. The van der Waals surface area contributed by atoms with Crippen LogP contribution in [0.15, 0.2) is 15.8 Å². The Morgan fingerprint density at radius 2 is 2.15 bits per heavy atom. The Morgan fingerprint density at radius 1 is 1.50 bits per heavy atom. The molecule has 0 bridgehead atoms. The molecule has 0 spiro atoms. The zero-order chi connectivity index (χ0) is 15.1. The second-order valence-corrected chi connectivity index (χ2v) is 5.45. The summed E-state index contributed by atoms with van der Waals surface area (Å²) < 4.78 is 7.31. The van der Waals surface area contributed by atoms with E-state index in [0.29, 0.717) is 12.0 Å². The van der Waals surface area contributed by atoms with Crippen LogP contribution in [0.4, 0.5) is 0 Å². The minimum atomic E-state index is -0.895. The number of nitrogens with zero attached hydrogens (tertiary/aromatic N) is 2. The molecule has 0 aliphatic carbocycles. The normalized spacial score (nSPS) is 33.0. The number of aromatic amines is 1. The molecule has 4 atom stereocenters. The molecule has 108 valence electrons. The van der Waals surface area contributed by atoms with Crippen LogP contribution in [0.3, 0.4) is 0 Å². The Labute approximate surface area is 117 Å². The minimum Gasteiger partial charge on any atom is -0.283 e. The maximum absolute atomic E-state index is 12.0. The fraction of sp³-hybridized carbons (Fsp3) is 0.643. The third kappa shape index (κ3) is 1.98. The first kappa shape index (κ1) is 14.5. The number of aryl methyl sites for hydroxylation is 1. The van der Waals surface area contributed by atoms with Gasteiger partial charge < -0.3 is 0 Å². The van der Waals surface area contributed by atoms with Gasteiger partial charge >= 0.3 is 11.4 Å². The molecule has 0 aromatic carbocycles. The number of hydrogen-bond donors (Lipinski definition) is 1. The molecule has 0 radical (unpaired) electrons. The van der Waals surface area contributed by atoms with E-state index in [1.807, 2.05) is 20.8 Å². The number of nitrogens with one attached hydrogen (secondary N) is 1. The number of H-pyrrole nitrogens is 1. The van der Waals surface area contributed by atoms with Crippen LogP contribution >= 0.6 is 0 Å². The van der Waals surface area contributed by atoms with Crippen molar-refractivity contribution in [2.75, 3.05) is 0 Å². The SMILES string of the molecule is [C-]#[N+]C1(CC)OC(n2cc(C)c(=O)[nH]c2=O)C(C)C1C. The number of hydrogen-bond acceptors (Lipinski definition) is 3. The molecule has 1 saturated heterocycles. The first-order chi connectivity index (χ1) is 9.36. The first-order valence-electron chi connectivity index (χ1n) is 6.74. The van der Waals surface area contributed by atoms with Gasteiger partial charge in [0.15, 0.2) is 0 Å². The molecule has 2 rings (SSSR count). The zero-order valence-electron chi connectivity index (χ0n) is 12.1. The fourth-order valence-electron chi connectivity index (χ4n) is 2.78. The van der Waals surface area contributed by atoms with E-state index in [-0.39, 0.29) is 11.8 Å².